The highest BCUT2D eigenvalue weighted by molar-refractivity contribution is 5.89. The number of carbonyl (C=O) groups is 1. The van der Waals surface area contributed by atoms with Gasteiger partial charge in [-0.1, -0.05) is 0 Å². The van der Waals surface area contributed by atoms with Crippen LogP contribution in [0.2, 0.25) is 0 Å². The van der Waals surface area contributed by atoms with Crippen molar-refractivity contribution < 1.29 is 19.0 Å². The van der Waals surface area contributed by atoms with Crippen LogP contribution in [-0.2, 0) is 4.79 Å². The molecule has 1 N–H and O–H groups in total. The third-order valence-corrected chi connectivity index (χ3v) is 3.49. The van der Waals surface area contributed by atoms with Crippen LogP contribution in [0.5, 0.6) is 23.1 Å². The molecule has 1 amide bonds. The molecule has 1 heterocycles. The van der Waals surface area contributed by atoms with Crippen LogP contribution in [0.4, 0.5) is 5.69 Å². The van der Waals surface area contributed by atoms with E-state index in [2.05, 4.69) is 15.3 Å². The smallest absolute Gasteiger partial charge is 0.230 e. The van der Waals surface area contributed by atoms with Crippen LogP contribution in [0.25, 0.3) is 10.9 Å². The zero-order valence-corrected chi connectivity index (χ0v) is 14.1. The fourth-order valence-electron chi connectivity index (χ4n) is 2.36. The van der Waals surface area contributed by atoms with Gasteiger partial charge in [-0.25, -0.2) is 9.97 Å². The molecule has 0 saturated carbocycles. The van der Waals surface area contributed by atoms with Crippen LogP contribution >= 0.6 is 0 Å². The molecule has 7 nitrogen and oxygen atoms in total. The molecule has 25 heavy (non-hydrogen) atoms. The van der Waals surface area contributed by atoms with Gasteiger partial charge in [0.25, 0.3) is 0 Å². The molecule has 0 aliphatic rings. The molecule has 3 aromatic rings. The van der Waals surface area contributed by atoms with E-state index < -0.39 is 0 Å². The molecule has 0 aliphatic carbocycles. The number of rotatable bonds is 5. The lowest BCUT2D eigenvalue weighted by molar-refractivity contribution is -0.114. The van der Waals surface area contributed by atoms with Crippen LogP contribution in [-0.4, -0.2) is 30.1 Å². The maximum atomic E-state index is 11.1. The summed E-state index contributed by atoms with van der Waals surface area (Å²) in [5, 5.41) is 3.40. The van der Waals surface area contributed by atoms with Gasteiger partial charge in [0.2, 0.25) is 11.8 Å². The van der Waals surface area contributed by atoms with Crippen molar-refractivity contribution >= 4 is 22.5 Å². The second-order valence-electron chi connectivity index (χ2n) is 5.21. The summed E-state index contributed by atoms with van der Waals surface area (Å²) in [7, 11) is 3.13. The van der Waals surface area contributed by atoms with E-state index in [-0.39, 0.29) is 5.91 Å². The molecule has 7 heteroatoms. The summed E-state index contributed by atoms with van der Waals surface area (Å²) in [5.41, 5.74) is 1.37. The quantitative estimate of drug-likeness (QED) is 0.767. The van der Waals surface area contributed by atoms with Crippen molar-refractivity contribution in [2.24, 2.45) is 0 Å². The van der Waals surface area contributed by atoms with Gasteiger partial charge in [0.05, 0.1) is 25.1 Å². The molecular weight excluding hydrogens is 322 g/mol. The predicted octanol–water partition coefficient (Wildman–Crippen LogP) is 3.40. The van der Waals surface area contributed by atoms with Crippen molar-refractivity contribution in [1.29, 1.82) is 0 Å². The number of carbonyl (C=O) groups excluding carboxylic acids is 1. The number of fused-ring (bicyclic) bond motifs is 1. The second kappa shape index (κ2) is 7.04. The van der Waals surface area contributed by atoms with Crippen LogP contribution in [0.1, 0.15) is 6.92 Å². The topological polar surface area (TPSA) is 82.6 Å². The number of amides is 1. The van der Waals surface area contributed by atoms with Crippen LogP contribution in [0.15, 0.2) is 42.7 Å². The van der Waals surface area contributed by atoms with Gasteiger partial charge in [-0.15, -0.1) is 0 Å². The van der Waals surface area contributed by atoms with Gasteiger partial charge in [0.1, 0.15) is 12.1 Å². The van der Waals surface area contributed by atoms with Gasteiger partial charge in [-0.05, 0) is 30.3 Å². The fourth-order valence-corrected chi connectivity index (χ4v) is 2.36. The first kappa shape index (κ1) is 16.5. The van der Waals surface area contributed by atoms with Crippen LogP contribution < -0.4 is 19.5 Å². The Kier molecular flexibility index (Phi) is 4.65. The highest BCUT2D eigenvalue weighted by atomic mass is 16.5. The predicted molar refractivity (Wildman–Crippen MR) is 93.5 cm³/mol. The van der Waals surface area contributed by atoms with Crippen molar-refractivity contribution in [2.45, 2.75) is 6.92 Å². The Bertz CT molecular complexity index is 910. The lowest BCUT2D eigenvalue weighted by Gasteiger charge is -2.11. The van der Waals surface area contributed by atoms with Crippen molar-refractivity contribution in [1.82, 2.24) is 9.97 Å². The Morgan fingerprint density at radius 3 is 2.32 bits per heavy atom. The Morgan fingerprint density at radius 2 is 1.68 bits per heavy atom. The summed E-state index contributed by atoms with van der Waals surface area (Å²) in [5.74, 6) is 2.01. The average molecular weight is 339 g/mol. The number of ether oxygens (including phenoxy) is 3. The second-order valence-corrected chi connectivity index (χ2v) is 5.21. The summed E-state index contributed by atoms with van der Waals surface area (Å²) >= 11 is 0. The Balaban J connectivity index is 1.94. The van der Waals surface area contributed by atoms with E-state index in [0.717, 1.165) is 0 Å². The van der Waals surface area contributed by atoms with Gasteiger partial charge >= 0.3 is 0 Å². The maximum Gasteiger partial charge on any atom is 0.230 e. The minimum atomic E-state index is -0.128. The molecule has 0 fully saturated rings. The van der Waals surface area contributed by atoms with E-state index in [0.29, 0.717) is 39.7 Å². The number of nitrogens with zero attached hydrogens (tertiary/aromatic N) is 2. The van der Waals surface area contributed by atoms with E-state index in [1.54, 1.807) is 50.6 Å². The SMILES string of the molecule is COc1cc2ncnc(Oc3ccc(NC(C)=O)cc3)c2cc1OC. The Hall–Kier alpha value is -3.35. The fraction of sp³-hybridized carbons (Fsp3) is 0.167. The molecule has 0 saturated heterocycles. The van der Waals surface area contributed by atoms with E-state index in [4.69, 9.17) is 14.2 Å². The normalized spacial score (nSPS) is 10.4. The van der Waals surface area contributed by atoms with Crippen molar-refractivity contribution in [2.75, 3.05) is 19.5 Å². The minimum absolute atomic E-state index is 0.128. The monoisotopic (exact) mass is 339 g/mol. The van der Waals surface area contributed by atoms with Gasteiger partial charge < -0.3 is 19.5 Å². The number of aromatic nitrogens is 2. The molecular formula is C18H17N3O4. The third-order valence-electron chi connectivity index (χ3n) is 3.49. The standard InChI is InChI=1S/C18H17N3O4/c1-11(22)21-12-4-6-13(7-5-12)25-18-14-8-16(23-2)17(24-3)9-15(14)19-10-20-18/h4-10H,1-3H3,(H,21,22). The van der Waals surface area contributed by atoms with Gasteiger partial charge in [-0.2, -0.15) is 0 Å². The molecule has 1 aromatic heterocycles. The lowest BCUT2D eigenvalue weighted by atomic mass is 10.2. The molecule has 0 spiro atoms. The van der Waals surface area contributed by atoms with Crippen molar-refractivity contribution in [3.05, 3.63) is 42.7 Å². The molecule has 128 valence electrons. The van der Waals surface area contributed by atoms with E-state index >= 15 is 0 Å². The Morgan fingerprint density at radius 1 is 1.00 bits per heavy atom. The molecule has 0 atom stereocenters. The zero-order chi connectivity index (χ0) is 17.8. The minimum Gasteiger partial charge on any atom is -0.493 e. The summed E-state index contributed by atoms with van der Waals surface area (Å²) in [6.45, 7) is 1.46. The number of benzene rings is 2. The molecule has 0 aliphatic heterocycles. The first-order valence-electron chi connectivity index (χ1n) is 7.53. The Labute approximate surface area is 144 Å². The van der Waals surface area contributed by atoms with E-state index in [1.807, 2.05) is 0 Å². The summed E-state index contributed by atoms with van der Waals surface area (Å²) in [6.07, 6.45) is 1.43. The lowest BCUT2D eigenvalue weighted by Crippen LogP contribution is -2.05. The molecule has 0 radical (unpaired) electrons. The summed E-state index contributed by atoms with van der Waals surface area (Å²) < 4.78 is 16.5. The van der Waals surface area contributed by atoms with Gasteiger partial charge in [0.15, 0.2) is 11.5 Å². The highest BCUT2D eigenvalue weighted by Crippen LogP contribution is 2.35. The summed E-state index contributed by atoms with van der Waals surface area (Å²) in [4.78, 5) is 19.5. The zero-order valence-electron chi connectivity index (χ0n) is 14.1. The molecule has 2 aromatic carbocycles. The third kappa shape index (κ3) is 3.60. The highest BCUT2D eigenvalue weighted by Gasteiger charge is 2.12. The first-order chi connectivity index (χ1) is 12.1. The number of hydrogen-bond donors (Lipinski definition) is 1. The van der Waals surface area contributed by atoms with Gasteiger partial charge in [0, 0.05) is 18.7 Å². The van der Waals surface area contributed by atoms with Crippen molar-refractivity contribution in [3.63, 3.8) is 0 Å². The first-order valence-corrected chi connectivity index (χ1v) is 7.53. The van der Waals surface area contributed by atoms with Crippen LogP contribution in [0.3, 0.4) is 0 Å². The molecule has 0 bridgehead atoms. The number of methoxy groups -OCH3 is 2. The average Bonchev–Trinajstić information content (AvgIpc) is 2.62. The van der Waals surface area contributed by atoms with Gasteiger partial charge in [-0.3, -0.25) is 4.79 Å². The summed E-state index contributed by atoms with van der Waals surface area (Å²) in [6, 6.07) is 10.5. The van der Waals surface area contributed by atoms with Crippen molar-refractivity contribution in [3.8, 4) is 23.1 Å². The number of hydrogen-bond acceptors (Lipinski definition) is 6. The van der Waals surface area contributed by atoms with Crippen LogP contribution in [0, 0.1) is 0 Å². The molecule has 3 rings (SSSR count). The molecule has 0 unspecified atom stereocenters. The number of nitrogens with one attached hydrogen (secondary N) is 1. The largest absolute Gasteiger partial charge is 0.493 e. The van der Waals surface area contributed by atoms with E-state index in [9.17, 15) is 4.79 Å². The number of anilines is 1. The van der Waals surface area contributed by atoms with E-state index in [1.165, 1.54) is 13.3 Å². The maximum absolute atomic E-state index is 11.1.